The first-order chi connectivity index (χ1) is 30.9. The maximum atomic E-state index is 5.19. The van der Waals surface area contributed by atoms with Crippen molar-refractivity contribution in [2.24, 2.45) is 4.99 Å². The van der Waals surface area contributed by atoms with Gasteiger partial charge in [-0.25, -0.2) is 15.0 Å². The van der Waals surface area contributed by atoms with Gasteiger partial charge in [-0.05, 0) is 112 Å². The van der Waals surface area contributed by atoms with Crippen LogP contribution in [0.5, 0.6) is 0 Å². The first-order valence-corrected chi connectivity index (χ1v) is 22.0. The first-order valence-electron chi connectivity index (χ1n) is 22.0. The number of hydrogen-bond donors (Lipinski definition) is 0. The predicted octanol–water partition coefficient (Wildman–Crippen LogP) is 15.7. The van der Waals surface area contributed by atoms with Crippen LogP contribution < -0.4 is 0 Å². The van der Waals surface area contributed by atoms with E-state index in [1.165, 1.54) is 38.2 Å². The average molecular weight is 814 g/mol. The maximum absolute atomic E-state index is 5.19. The molecule has 1 aromatic heterocycles. The van der Waals surface area contributed by atoms with Crippen molar-refractivity contribution in [1.29, 1.82) is 0 Å². The second-order valence-corrected chi connectivity index (χ2v) is 16.4. The Labute approximate surface area is 372 Å². The smallest absolute Gasteiger partial charge is 0.160 e. The van der Waals surface area contributed by atoms with E-state index in [1.807, 2.05) is 12.1 Å². The van der Waals surface area contributed by atoms with E-state index >= 15 is 0 Å². The summed E-state index contributed by atoms with van der Waals surface area (Å²) in [4.78, 5) is 15.5. The highest BCUT2D eigenvalue weighted by Gasteiger charge is 2.31. The Morgan fingerprint density at radius 3 is 1.89 bits per heavy atom. The number of aromatic nitrogens is 2. The van der Waals surface area contributed by atoms with E-state index in [0.717, 1.165) is 76.2 Å². The van der Waals surface area contributed by atoms with Crippen molar-refractivity contribution < 1.29 is 0 Å². The second-order valence-electron chi connectivity index (χ2n) is 16.4. The standard InChI is InChI=1S/C60H51N3/c1-5-37-60(6-2,54-33-29-44(30-34-54)43(4)61-56(47-19-9-7-10-20-47)38-42(3)50-27-25-45-17-13-15-23-51(45)39-50)55-35-31-49(32-36-55)59-62-57(48-21-11-8-12-22-48)41-58(63-59)53-28-26-46-18-14-16-24-52(46)40-53/h5,7,9-11,13-36,38-41H,1,4,6,8,12,37H2,2-3H3/b42-38+,61-56?. The Balaban J connectivity index is 1.02. The van der Waals surface area contributed by atoms with Crippen molar-refractivity contribution >= 4 is 44.1 Å². The third kappa shape index (κ3) is 8.69. The topological polar surface area (TPSA) is 38.1 Å². The Morgan fingerprint density at radius 2 is 1.22 bits per heavy atom. The van der Waals surface area contributed by atoms with Gasteiger partial charge in [0.2, 0.25) is 0 Å². The molecule has 1 aliphatic rings. The summed E-state index contributed by atoms with van der Waals surface area (Å²) in [7, 11) is 0. The maximum Gasteiger partial charge on any atom is 0.160 e. The summed E-state index contributed by atoms with van der Waals surface area (Å²) in [5.74, 6) is 0.716. The molecule has 0 radical (unpaired) electrons. The van der Waals surface area contributed by atoms with E-state index in [0.29, 0.717) is 11.5 Å². The predicted molar refractivity (Wildman–Crippen MR) is 269 cm³/mol. The molecule has 3 nitrogen and oxygen atoms in total. The summed E-state index contributed by atoms with van der Waals surface area (Å²) >= 11 is 0. The summed E-state index contributed by atoms with van der Waals surface area (Å²) in [6.45, 7) is 13.1. The molecule has 0 fully saturated rings. The van der Waals surface area contributed by atoms with Crippen LogP contribution in [0.1, 0.15) is 73.0 Å². The SMILES string of the molecule is C=CCC(CC)(c1ccc(C(=C)N=C(/C=C(\C)c2ccc3ccccc3c2)c2ccccc2)cc1)c1ccc(-c2nc(C3=CCCC=C3)cc(-c3ccc4ccccc4c3)n2)cc1. The van der Waals surface area contributed by atoms with Gasteiger partial charge in [0.15, 0.2) is 5.82 Å². The van der Waals surface area contributed by atoms with Crippen LogP contribution in [0.25, 0.3) is 61.0 Å². The van der Waals surface area contributed by atoms with E-state index in [9.17, 15) is 0 Å². The van der Waals surface area contributed by atoms with E-state index in [1.54, 1.807) is 0 Å². The number of aliphatic imine (C=N–C) groups is 1. The van der Waals surface area contributed by atoms with Crippen molar-refractivity contribution in [1.82, 2.24) is 9.97 Å². The molecule has 306 valence electrons. The lowest BCUT2D eigenvalue weighted by Gasteiger charge is -2.33. The van der Waals surface area contributed by atoms with Crippen molar-refractivity contribution in [2.75, 3.05) is 0 Å². The molecule has 1 aliphatic carbocycles. The molecule has 1 unspecified atom stereocenters. The van der Waals surface area contributed by atoms with Crippen molar-refractivity contribution in [3.8, 4) is 22.6 Å². The molecule has 0 saturated heterocycles. The van der Waals surface area contributed by atoms with Gasteiger partial charge in [0.05, 0.1) is 22.8 Å². The molecule has 3 heteroatoms. The van der Waals surface area contributed by atoms with Crippen LogP contribution in [0.3, 0.4) is 0 Å². The number of allylic oxidation sites excluding steroid dienone is 7. The molecule has 0 spiro atoms. The Hall–Kier alpha value is -7.49. The van der Waals surface area contributed by atoms with Crippen LogP contribution in [0.15, 0.2) is 218 Å². The number of nitrogens with zero attached hydrogens (tertiary/aromatic N) is 3. The molecule has 0 aliphatic heterocycles. The number of fused-ring (bicyclic) bond motifs is 2. The van der Waals surface area contributed by atoms with E-state index in [-0.39, 0.29) is 5.41 Å². The van der Waals surface area contributed by atoms with Crippen molar-refractivity contribution in [2.45, 2.75) is 44.9 Å². The molecule has 8 aromatic rings. The minimum Gasteiger partial charge on any atom is -0.248 e. The number of hydrogen-bond acceptors (Lipinski definition) is 3. The minimum absolute atomic E-state index is 0.283. The zero-order valence-corrected chi connectivity index (χ0v) is 36.1. The molecule has 7 aromatic carbocycles. The van der Waals surface area contributed by atoms with Crippen LogP contribution in [0, 0.1) is 0 Å². The van der Waals surface area contributed by atoms with Gasteiger partial charge in [-0.1, -0.05) is 189 Å². The quantitative estimate of drug-likeness (QED) is 0.0859. The van der Waals surface area contributed by atoms with Gasteiger partial charge in [0.25, 0.3) is 0 Å². The summed E-state index contributed by atoms with van der Waals surface area (Å²) in [6, 6.07) is 60.3. The van der Waals surface area contributed by atoms with Crippen LogP contribution >= 0.6 is 0 Å². The minimum atomic E-state index is -0.283. The molecule has 1 atom stereocenters. The lowest BCUT2D eigenvalue weighted by Crippen LogP contribution is -2.26. The molecule has 0 saturated carbocycles. The molecule has 63 heavy (non-hydrogen) atoms. The third-order valence-electron chi connectivity index (χ3n) is 12.5. The van der Waals surface area contributed by atoms with E-state index in [4.69, 9.17) is 15.0 Å². The normalized spacial score (nSPS) is 14.0. The summed E-state index contributed by atoms with van der Waals surface area (Å²) in [5.41, 5.74) is 13.1. The van der Waals surface area contributed by atoms with Crippen LogP contribution in [-0.2, 0) is 5.41 Å². The van der Waals surface area contributed by atoms with Gasteiger partial charge < -0.3 is 0 Å². The lowest BCUT2D eigenvalue weighted by atomic mass is 9.70. The molecule has 0 N–H and O–H groups in total. The van der Waals surface area contributed by atoms with Crippen molar-refractivity contribution in [3.63, 3.8) is 0 Å². The summed E-state index contributed by atoms with van der Waals surface area (Å²) in [6.07, 6.45) is 14.7. The highest BCUT2D eigenvalue weighted by molar-refractivity contribution is 6.14. The molecule has 0 bridgehead atoms. The van der Waals surface area contributed by atoms with Crippen LogP contribution in [-0.4, -0.2) is 15.7 Å². The largest absolute Gasteiger partial charge is 0.248 e. The average Bonchev–Trinajstić information content (AvgIpc) is 3.35. The second kappa shape index (κ2) is 18.2. The monoisotopic (exact) mass is 813 g/mol. The van der Waals surface area contributed by atoms with Gasteiger partial charge in [0, 0.05) is 22.1 Å². The van der Waals surface area contributed by atoms with Gasteiger partial charge in [0.1, 0.15) is 0 Å². The molecular weight excluding hydrogens is 763 g/mol. The Morgan fingerprint density at radius 1 is 0.619 bits per heavy atom. The molecule has 9 rings (SSSR count). The van der Waals surface area contributed by atoms with Gasteiger partial charge in [-0.3, -0.25) is 0 Å². The van der Waals surface area contributed by atoms with Gasteiger partial charge >= 0.3 is 0 Å². The fraction of sp³-hybridized carbons (Fsp3) is 0.117. The summed E-state index contributed by atoms with van der Waals surface area (Å²) < 4.78 is 0. The summed E-state index contributed by atoms with van der Waals surface area (Å²) in [5, 5.41) is 4.85. The van der Waals surface area contributed by atoms with Crippen LogP contribution in [0.4, 0.5) is 0 Å². The lowest BCUT2D eigenvalue weighted by molar-refractivity contribution is 0.502. The van der Waals surface area contributed by atoms with Gasteiger partial charge in [-0.2, -0.15) is 0 Å². The fourth-order valence-corrected chi connectivity index (χ4v) is 8.87. The number of rotatable bonds is 13. The zero-order chi connectivity index (χ0) is 43.2. The Kier molecular flexibility index (Phi) is 11.8. The molecular formula is C60H51N3. The van der Waals surface area contributed by atoms with Gasteiger partial charge in [-0.15, -0.1) is 6.58 Å². The molecule has 0 amide bonds. The third-order valence-corrected chi connectivity index (χ3v) is 12.5. The first kappa shape index (κ1) is 40.9. The number of benzene rings is 7. The van der Waals surface area contributed by atoms with Crippen LogP contribution in [0.2, 0.25) is 0 Å². The zero-order valence-electron chi connectivity index (χ0n) is 36.1. The highest BCUT2D eigenvalue weighted by atomic mass is 14.9. The van der Waals surface area contributed by atoms with E-state index < -0.39 is 0 Å². The Bertz CT molecular complexity index is 3090. The fourth-order valence-electron chi connectivity index (χ4n) is 8.87. The molecule has 1 heterocycles. The van der Waals surface area contributed by atoms with E-state index in [2.05, 4.69) is 215 Å². The highest BCUT2D eigenvalue weighted by Crippen LogP contribution is 2.41. The van der Waals surface area contributed by atoms with Crippen molar-refractivity contribution in [3.05, 3.63) is 247 Å².